The summed E-state index contributed by atoms with van der Waals surface area (Å²) in [4.78, 5) is 0. The monoisotopic (exact) mass is 303 g/mol. The van der Waals surface area contributed by atoms with Crippen molar-refractivity contribution >= 4 is 0 Å². The van der Waals surface area contributed by atoms with Gasteiger partial charge in [-0.15, -0.1) is 0 Å². The van der Waals surface area contributed by atoms with E-state index in [0.29, 0.717) is 11.3 Å². The summed E-state index contributed by atoms with van der Waals surface area (Å²) in [7, 11) is 0. The average molecular weight is 304 g/mol. The first-order valence-electron chi connectivity index (χ1n) is 8.77. The molecule has 1 nitrogen and oxygen atoms in total. The van der Waals surface area contributed by atoms with Crippen LogP contribution in [-0.2, 0) is 0 Å². The van der Waals surface area contributed by atoms with Crippen molar-refractivity contribution in [2.24, 2.45) is 22.5 Å². The van der Waals surface area contributed by atoms with E-state index in [2.05, 4.69) is 74.1 Å². The highest BCUT2D eigenvalue weighted by Gasteiger charge is 2.49. The van der Waals surface area contributed by atoms with Crippen LogP contribution in [0.3, 0.4) is 0 Å². The zero-order valence-electron chi connectivity index (χ0n) is 16.1. The van der Waals surface area contributed by atoms with Gasteiger partial charge in [-0.25, -0.2) is 0 Å². The molecule has 0 fully saturated rings. The lowest BCUT2D eigenvalue weighted by molar-refractivity contribution is 0.0885. The third-order valence-electron chi connectivity index (χ3n) is 6.26. The van der Waals surface area contributed by atoms with E-state index in [-0.39, 0.29) is 11.0 Å². The van der Waals surface area contributed by atoms with Gasteiger partial charge in [0, 0.05) is 11.0 Å². The Hall–Kier alpha value is -0.820. The van der Waals surface area contributed by atoms with E-state index in [9.17, 15) is 0 Å². The van der Waals surface area contributed by atoms with Crippen LogP contribution in [0.4, 0.5) is 0 Å². The normalized spacial score (nSPS) is 33.6. The summed E-state index contributed by atoms with van der Waals surface area (Å²) in [6.07, 6.45) is 8.09. The van der Waals surface area contributed by atoms with E-state index in [1.165, 1.54) is 17.6 Å². The van der Waals surface area contributed by atoms with Crippen molar-refractivity contribution in [1.29, 1.82) is 0 Å². The van der Waals surface area contributed by atoms with Crippen LogP contribution in [0.25, 0.3) is 0 Å². The summed E-state index contributed by atoms with van der Waals surface area (Å²) in [5, 5.41) is 0. The van der Waals surface area contributed by atoms with Crippen LogP contribution in [-0.4, -0.2) is 5.54 Å². The minimum Gasteiger partial charge on any atom is -0.322 e. The predicted octanol–water partition coefficient (Wildman–Crippen LogP) is 6.03. The van der Waals surface area contributed by atoms with Gasteiger partial charge in [-0.05, 0) is 44.1 Å². The van der Waals surface area contributed by atoms with Crippen LogP contribution in [0, 0.1) is 16.7 Å². The van der Waals surface area contributed by atoms with Gasteiger partial charge in [0.2, 0.25) is 0 Å². The summed E-state index contributed by atoms with van der Waals surface area (Å²) >= 11 is 0. The van der Waals surface area contributed by atoms with Gasteiger partial charge in [-0.3, -0.25) is 0 Å². The molecular weight excluding hydrogens is 266 g/mol. The molecule has 1 rings (SSSR count). The van der Waals surface area contributed by atoms with E-state index >= 15 is 0 Å². The maximum Gasteiger partial charge on any atom is 0.0382 e. The zero-order chi connectivity index (χ0) is 17.3. The summed E-state index contributed by atoms with van der Waals surface area (Å²) in [5.74, 6) is 0.516. The average Bonchev–Trinajstić information content (AvgIpc) is 2.36. The molecule has 0 aromatic carbocycles. The first-order chi connectivity index (χ1) is 9.93. The summed E-state index contributed by atoms with van der Waals surface area (Å²) in [6.45, 7) is 22.1. The van der Waals surface area contributed by atoms with Crippen molar-refractivity contribution in [3.8, 4) is 0 Å². The molecule has 0 bridgehead atoms. The molecule has 0 radical (unpaired) electrons. The molecule has 0 aromatic rings. The molecule has 0 amide bonds. The van der Waals surface area contributed by atoms with Crippen LogP contribution in [0.15, 0.2) is 35.5 Å². The highest BCUT2D eigenvalue weighted by molar-refractivity contribution is 5.39. The Kier molecular flexibility index (Phi) is 5.55. The van der Waals surface area contributed by atoms with E-state index in [1.54, 1.807) is 0 Å². The van der Waals surface area contributed by atoms with E-state index in [4.69, 9.17) is 5.73 Å². The lowest BCUT2D eigenvalue weighted by Gasteiger charge is -2.54. The molecule has 126 valence electrons. The molecule has 22 heavy (non-hydrogen) atoms. The van der Waals surface area contributed by atoms with Gasteiger partial charge in [-0.2, -0.15) is 0 Å². The maximum absolute atomic E-state index is 6.96. The molecule has 0 saturated carbocycles. The molecule has 0 aromatic heterocycles. The number of hydrogen-bond acceptors (Lipinski definition) is 1. The smallest absolute Gasteiger partial charge is 0.0382 e. The Labute approximate surface area is 138 Å². The highest BCUT2D eigenvalue weighted by Crippen LogP contribution is 2.54. The zero-order valence-corrected chi connectivity index (χ0v) is 16.1. The van der Waals surface area contributed by atoms with Gasteiger partial charge in [0.05, 0.1) is 0 Å². The third-order valence-corrected chi connectivity index (χ3v) is 6.26. The Morgan fingerprint density at radius 3 is 2.32 bits per heavy atom. The SMILES string of the molecule is C=C(C)/C=C(/C)C(C)(C)C1=CCC(C)(CC)C(CC)C1(C)N. The minimum absolute atomic E-state index is 0.0229. The van der Waals surface area contributed by atoms with Crippen molar-refractivity contribution in [2.45, 2.75) is 80.2 Å². The highest BCUT2D eigenvalue weighted by atomic mass is 14.8. The van der Waals surface area contributed by atoms with Crippen LogP contribution in [0.5, 0.6) is 0 Å². The Morgan fingerprint density at radius 1 is 1.36 bits per heavy atom. The summed E-state index contributed by atoms with van der Waals surface area (Å²) in [6, 6.07) is 0. The lowest BCUT2D eigenvalue weighted by atomic mass is 9.53. The minimum atomic E-state index is -0.258. The van der Waals surface area contributed by atoms with Gasteiger partial charge >= 0.3 is 0 Å². The van der Waals surface area contributed by atoms with Gasteiger partial charge in [0.1, 0.15) is 0 Å². The van der Waals surface area contributed by atoms with E-state index < -0.39 is 0 Å². The quantitative estimate of drug-likeness (QED) is 0.487. The molecular formula is C21H37N. The van der Waals surface area contributed by atoms with Crippen molar-refractivity contribution in [2.75, 3.05) is 0 Å². The largest absolute Gasteiger partial charge is 0.322 e. The fraction of sp³-hybridized carbons (Fsp3) is 0.714. The molecule has 3 unspecified atom stereocenters. The summed E-state index contributed by atoms with van der Waals surface area (Å²) < 4.78 is 0. The van der Waals surface area contributed by atoms with Crippen LogP contribution < -0.4 is 5.73 Å². The van der Waals surface area contributed by atoms with Gasteiger partial charge in [0.25, 0.3) is 0 Å². The number of rotatable bonds is 5. The van der Waals surface area contributed by atoms with Crippen LogP contribution >= 0.6 is 0 Å². The molecule has 2 N–H and O–H groups in total. The fourth-order valence-corrected chi connectivity index (χ4v) is 4.61. The second-order valence-corrected chi connectivity index (χ2v) is 8.37. The molecule has 0 aliphatic heterocycles. The molecule has 0 saturated heterocycles. The topological polar surface area (TPSA) is 26.0 Å². The Morgan fingerprint density at radius 2 is 1.91 bits per heavy atom. The lowest BCUT2D eigenvalue weighted by Crippen LogP contribution is -2.57. The second-order valence-electron chi connectivity index (χ2n) is 8.37. The first kappa shape index (κ1) is 19.2. The van der Waals surface area contributed by atoms with Crippen LogP contribution in [0.2, 0.25) is 0 Å². The molecule has 1 heteroatoms. The van der Waals surface area contributed by atoms with Crippen molar-refractivity contribution in [3.05, 3.63) is 35.5 Å². The van der Waals surface area contributed by atoms with Crippen molar-refractivity contribution in [3.63, 3.8) is 0 Å². The molecule has 3 atom stereocenters. The summed E-state index contributed by atoms with van der Waals surface area (Å²) in [5.41, 5.74) is 10.8. The second kappa shape index (κ2) is 6.35. The maximum atomic E-state index is 6.96. The molecule has 0 spiro atoms. The van der Waals surface area contributed by atoms with Crippen LogP contribution in [0.1, 0.15) is 74.7 Å². The molecule has 0 heterocycles. The third kappa shape index (κ3) is 3.25. The van der Waals surface area contributed by atoms with E-state index in [1.807, 2.05) is 0 Å². The van der Waals surface area contributed by atoms with Gasteiger partial charge in [-0.1, -0.05) is 77.3 Å². The van der Waals surface area contributed by atoms with Crippen molar-refractivity contribution in [1.82, 2.24) is 0 Å². The number of allylic oxidation sites excluding steroid dienone is 4. The Balaban J connectivity index is 3.39. The Bertz CT molecular complexity index is 490. The van der Waals surface area contributed by atoms with Crippen molar-refractivity contribution < 1.29 is 0 Å². The standard InChI is InChI=1S/C21H37N/c1-10-17-20(8,11-2)13-12-18(21(17,9)22)19(6,7)16(5)14-15(3)4/h12,14,17H,3,10-11,13,22H2,1-2,4-9H3/b16-14-. The fourth-order valence-electron chi connectivity index (χ4n) is 4.61. The molecule has 1 aliphatic carbocycles. The first-order valence-corrected chi connectivity index (χ1v) is 8.77. The number of nitrogens with two attached hydrogens (primary N) is 1. The van der Waals surface area contributed by atoms with E-state index in [0.717, 1.165) is 18.4 Å². The van der Waals surface area contributed by atoms with Gasteiger partial charge in [0.15, 0.2) is 0 Å². The van der Waals surface area contributed by atoms with Gasteiger partial charge < -0.3 is 5.73 Å². The number of hydrogen-bond donors (Lipinski definition) is 1. The molecule has 1 aliphatic rings. The predicted molar refractivity (Wildman–Crippen MR) is 99.8 cm³/mol.